The molecule has 0 unspecified atom stereocenters. The average molecular weight is 546 g/mol. The maximum Gasteiger partial charge on any atom is 0.471 e. The molecule has 0 aliphatic heterocycles. The van der Waals surface area contributed by atoms with Crippen molar-refractivity contribution >= 4 is 55.3 Å². The standard InChI is InChI=1S/C25H23BrF3N5O/c26-19-13-16-5-3-15(12-20(16)32-23(19)33-24(35)25(27,28)29)2-1-14-4-6-17(11-14)34-10-8-18-21(34)7-9-31-22(18)30/h3,5,7-10,12-14,17H,1-2,4,6,11H2,(H2,30,31)(H,32,33,35)/t14-,17+/m1/s1. The maximum atomic E-state index is 12.6. The Morgan fingerprint density at radius 1 is 1.20 bits per heavy atom. The number of pyridine rings is 2. The van der Waals surface area contributed by atoms with E-state index in [4.69, 9.17) is 5.73 Å². The van der Waals surface area contributed by atoms with Crippen molar-refractivity contribution in [1.82, 2.24) is 14.5 Å². The first kappa shape index (κ1) is 23.6. The molecule has 1 fully saturated rings. The Morgan fingerprint density at radius 3 is 2.83 bits per heavy atom. The first-order valence-corrected chi connectivity index (χ1v) is 12.2. The lowest BCUT2D eigenvalue weighted by atomic mass is 9.97. The molecule has 4 aromatic rings. The molecule has 2 atom stereocenters. The Bertz CT molecular complexity index is 1420. The molecule has 0 saturated heterocycles. The number of amides is 1. The van der Waals surface area contributed by atoms with E-state index in [1.54, 1.807) is 12.3 Å². The minimum atomic E-state index is -4.98. The van der Waals surface area contributed by atoms with E-state index in [0.717, 1.165) is 54.0 Å². The van der Waals surface area contributed by atoms with Gasteiger partial charge in [-0.25, -0.2) is 9.97 Å². The van der Waals surface area contributed by atoms with Crippen LogP contribution in [0.1, 0.15) is 37.3 Å². The first-order valence-electron chi connectivity index (χ1n) is 11.4. The van der Waals surface area contributed by atoms with Gasteiger partial charge in [0.25, 0.3) is 0 Å². The molecular weight excluding hydrogens is 523 g/mol. The quantitative estimate of drug-likeness (QED) is 0.303. The van der Waals surface area contributed by atoms with Gasteiger partial charge in [0, 0.05) is 29.2 Å². The Hall–Kier alpha value is -3.14. The molecule has 1 aliphatic rings. The van der Waals surface area contributed by atoms with Crippen molar-refractivity contribution in [2.24, 2.45) is 5.92 Å². The zero-order chi connectivity index (χ0) is 24.7. The van der Waals surface area contributed by atoms with Crippen LogP contribution in [0.5, 0.6) is 0 Å². The highest BCUT2D eigenvalue weighted by Gasteiger charge is 2.39. The summed E-state index contributed by atoms with van der Waals surface area (Å²) in [5, 5.41) is 3.60. The number of aromatic nitrogens is 3. The lowest BCUT2D eigenvalue weighted by Gasteiger charge is -2.15. The highest BCUT2D eigenvalue weighted by Crippen LogP contribution is 2.39. The van der Waals surface area contributed by atoms with E-state index < -0.39 is 12.1 Å². The van der Waals surface area contributed by atoms with Crippen LogP contribution in [-0.4, -0.2) is 26.6 Å². The summed E-state index contributed by atoms with van der Waals surface area (Å²) in [5.41, 5.74) is 8.72. The van der Waals surface area contributed by atoms with Crippen LogP contribution in [0.15, 0.2) is 53.3 Å². The fourth-order valence-electron chi connectivity index (χ4n) is 4.97. The van der Waals surface area contributed by atoms with Crippen molar-refractivity contribution in [2.75, 3.05) is 11.1 Å². The molecular formula is C25H23BrF3N5O. The van der Waals surface area contributed by atoms with E-state index in [2.05, 4.69) is 36.7 Å². The van der Waals surface area contributed by atoms with Crippen molar-refractivity contribution in [3.05, 3.63) is 58.8 Å². The molecule has 35 heavy (non-hydrogen) atoms. The van der Waals surface area contributed by atoms with Gasteiger partial charge < -0.3 is 15.6 Å². The number of nitrogens with zero attached hydrogens (tertiary/aromatic N) is 3. The van der Waals surface area contributed by atoms with Crippen LogP contribution in [0.2, 0.25) is 0 Å². The molecule has 1 saturated carbocycles. The number of rotatable bonds is 5. The number of alkyl halides is 3. The normalized spacial score (nSPS) is 18.4. The van der Waals surface area contributed by atoms with Crippen molar-refractivity contribution in [1.29, 1.82) is 0 Å². The second-order valence-corrected chi connectivity index (χ2v) is 9.88. The molecule has 6 nitrogen and oxygen atoms in total. The van der Waals surface area contributed by atoms with Crippen LogP contribution in [0.3, 0.4) is 0 Å². The summed E-state index contributed by atoms with van der Waals surface area (Å²) in [5.74, 6) is -1.07. The molecule has 182 valence electrons. The van der Waals surface area contributed by atoms with Crippen LogP contribution in [-0.2, 0) is 11.2 Å². The number of aryl methyl sites for hydroxylation is 1. The molecule has 0 radical (unpaired) electrons. The Morgan fingerprint density at radius 2 is 2.03 bits per heavy atom. The highest BCUT2D eigenvalue weighted by atomic mass is 79.9. The Kier molecular flexibility index (Phi) is 6.16. The van der Waals surface area contributed by atoms with E-state index >= 15 is 0 Å². The van der Waals surface area contributed by atoms with Crippen LogP contribution < -0.4 is 11.1 Å². The first-order chi connectivity index (χ1) is 16.7. The fraction of sp³-hybridized carbons (Fsp3) is 0.320. The lowest BCUT2D eigenvalue weighted by molar-refractivity contribution is -0.167. The van der Waals surface area contributed by atoms with Crippen molar-refractivity contribution in [2.45, 2.75) is 44.3 Å². The number of fused-ring (bicyclic) bond motifs is 2. The average Bonchev–Trinajstić information content (AvgIpc) is 3.45. The third kappa shape index (κ3) is 4.84. The molecule has 0 bridgehead atoms. The van der Waals surface area contributed by atoms with Gasteiger partial charge in [0.05, 0.1) is 15.5 Å². The molecule has 3 aromatic heterocycles. The van der Waals surface area contributed by atoms with Gasteiger partial charge >= 0.3 is 12.1 Å². The number of nitrogens with two attached hydrogens (primary N) is 1. The van der Waals surface area contributed by atoms with Gasteiger partial charge in [0.1, 0.15) is 11.6 Å². The number of anilines is 2. The Balaban J connectivity index is 1.26. The SMILES string of the molecule is Nc1nccc2c1ccn2[C@H]1CC[C@@H](CCc2ccc3cc(Br)c(NC(=O)C(F)(F)F)nc3c2)C1. The number of benzene rings is 1. The van der Waals surface area contributed by atoms with E-state index in [9.17, 15) is 18.0 Å². The second-order valence-electron chi connectivity index (χ2n) is 9.02. The summed E-state index contributed by atoms with van der Waals surface area (Å²) in [7, 11) is 0. The number of hydrogen-bond donors (Lipinski definition) is 2. The predicted molar refractivity (Wildman–Crippen MR) is 133 cm³/mol. The largest absolute Gasteiger partial charge is 0.471 e. The molecule has 1 aromatic carbocycles. The monoisotopic (exact) mass is 545 g/mol. The number of halogens is 4. The highest BCUT2D eigenvalue weighted by molar-refractivity contribution is 9.10. The molecule has 1 amide bonds. The summed E-state index contributed by atoms with van der Waals surface area (Å²) < 4.78 is 40.5. The minimum absolute atomic E-state index is 0.148. The predicted octanol–water partition coefficient (Wildman–Crippen LogP) is 6.40. The minimum Gasteiger partial charge on any atom is -0.383 e. The number of carbonyl (C=O) groups excluding carboxylic acids is 1. The fourth-order valence-corrected chi connectivity index (χ4v) is 5.41. The smallest absolute Gasteiger partial charge is 0.383 e. The molecule has 3 heterocycles. The topological polar surface area (TPSA) is 85.8 Å². The van der Waals surface area contributed by atoms with Crippen molar-refractivity contribution in [3.8, 4) is 0 Å². The second kappa shape index (κ2) is 9.14. The van der Waals surface area contributed by atoms with Gasteiger partial charge in [-0.1, -0.05) is 12.1 Å². The van der Waals surface area contributed by atoms with Gasteiger partial charge in [-0.2, -0.15) is 13.2 Å². The van der Waals surface area contributed by atoms with E-state index in [0.29, 0.717) is 27.8 Å². The van der Waals surface area contributed by atoms with Crippen LogP contribution in [0.25, 0.3) is 21.8 Å². The molecule has 1 aliphatic carbocycles. The summed E-state index contributed by atoms with van der Waals surface area (Å²) in [4.78, 5) is 19.8. The summed E-state index contributed by atoms with van der Waals surface area (Å²) >= 11 is 3.19. The zero-order valence-electron chi connectivity index (χ0n) is 18.6. The summed E-state index contributed by atoms with van der Waals surface area (Å²) in [6.45, 7) is 0. The van der Waals surface area contributed by atoms with Gasteiger partial charge in [0.2, 0.25) is 0 Å². The van der Waals surface area contributed by atoms with E-state index in [1.165, 1.54) is 0 Å². The number of carbonyl (C=O) groups is 1. The summed E-state index contributed by atoms with van der Waals surface area (Å²) in [6.07, 6.45) is 4.04. The van der Waals surface area contributed by atoms with E-state index in [-0.39, 0.29) is 5.82 Å². The van der Waals surface area contributed by atoms with Gasteiger partial charge in [0.15, 0.2) is 0 Å². The molecule has 5 rings (SSSR count). The van der Waals surface area contributed by atoms with E-state index in [1.807, 2.05) is 35.6 Å². The third-order valence-electron chi connectivity index (χ3n) is 6.75. The number of hydrogen-bond acceptors (Lipinski definition) is 4. The molecule has 3 N–H and O–H groups in total. The van der Waals surface area contributed by atoms with Crippen molar-refractivity contribution in [3.63, 3.8) is 0 Å². The number of nitrogen functional groups attached to an aromatic ring is 1. The lowest BCUT2D eigenvalue weighted by Crippen LogP contribution is -2.30. The number of nitrogens with one attached hydrogen (secondary N) is 1. The van der Waals surface area contributed by atoms with Gasteiger partial charge in [-0.15, -0.1) is 0 Å². The molecule has 10 heteroatoms. The summed E-state index contributed by atoms with van der Waals surface area (Å²) in [6, 6.07) is 11.9. The van der Waals surface area contributed by atoms with Gasteiger partial charge in [-0.3, -0.25) is 4.79 Å². The van der Waals surface area contributed by atoms with Crippen molar-refractivity contribution < 1.29 is 18.0 Å². The van der Waals surface area contributed by atoms with Crippen LogP contribution in [0, 0.1) is 5.92 Å². The van der Waals surface area contributed by atoms with Crippen LogP contribution in [0.4, 0.5) is 24.8 Å². The maximum absolute atomic E-state index is 12.6. The zero-order valence-corrected chi connectivity index (χ0v) is 20.2. The molecule has 0 spiro atoms. The van der Waals surface area contributed by atoms with Crippen LogP contribution >= 0.6 is 15.9 Å². The van der Waals surface area contributed by atoms with Gasteiger partial charge in [-0.05, 0) is 83.8 Å². The third-order valence-corrected chi connectivity index (χ3v) is 7.36. The Labute approximate surface area is 207 Å².